The lowest BCUT2D eigenvalue weighted by atomic mass is 10.0. The van der Waals surface area contributed by atoms with E-state index in [2.05, 4.69) is 4.98 Å². The first kappa shape index (κ1) is 24.6. The smallest absolute Gasteiger partial charge is 0.281 e. The van der Waals surface area contributed by atoms with Crippen LogP contribution in [0.5, 0.6) is 0 Å². The minimum Gasteiger partial charge on any atom is -0.281 e. The van der Waals surface area contributed by atoms with Gasteiger partial charge in [-0.05, 0) is 68.7 Å². The van der Waals surface area contributed by atoms with E-state index in [1.54, 1.807) is 6.07 Å². The predicted octanol–water partition coefficient (Wildman–Crippen LogP) is 7.01. The molecule has 6 nitrogen and oxygen atoms in total. The number of benzene rings is 2. The Hall–Kier alpha value is -3.04. The van der Waals surface area contributed by atoms with Gasteiger partial charge in [0.1, 0.15) is 5.69 Å². The number of hydrogen-bond donors (Lipinski definition) is 1. The van der Waals surface area contributed by atoms with Crippen LogP contribution >= 0.6 is 22.9 Å². The molecule has 5 rings (SSSR count). The summed E-state index contributed by atoms with van der Waals surface area (Å²) in [4.78, 5) is 5.48. The predicted molar refractivity (Wildman–Crippen MR) is 146 cm³/mol. The van der Waals surface area contributed by atoms with Crippen molar-refractivity contribution in [3.05, 3.63) is 87.0 Å². The van der Waals surface area contributed by atoms with Crippen LogP contribution in [0, 0.1) is 27.7 Å². The molecule has 0 saturated carbocycles. The number of aromatic nitrogens is 3. The number of fused-ring (bicyclic) bond motifs is 1. The standard InChI is InChI=1S/C27H24ClN3O3S2/c1-15-11-19(5-10-22(15)23-13-17(3)35-27(23)36(32,33)34)14-31-24-12-16(2)29-18(4)25(24)26(30-31)20-6-8-21(28)9-7-20/h5-13H,14H2,1-4H3,(H,32,33,34). The summed E-state index contributed by atoms with van der Waals surface area (Å²) in [6, 6.07) is 17.4. The van der Waals surface area contributed by atoms with Crippen LogP contribution in [0.4, 0.5) is 0 Å². The first-order chi connectivity index (χ1) is 17.0. The van der Waals surface area contributed by atoms with E-state index in [9.17, 15) is 13.0 Å². The molecule has 0 aliphatic rings. The van der Waals surface area contributed by atoms with E-state index in [1.807, 2.05) is 80.9 Å². The van der Waals surface area contributed by atoms with E-state index < -0.39 is 10.1 Å². The number of nitrogens with zero attached hydrogens (tertiary/aromatic N) is 3. The van der Waals surface area contributed by atoms with Crippen molar-refractivity contribution >= 4 is 44.0 Å². The second-order valence-corrected chi connectivity index (χ2v) is 12.2. The molecule has 3 heterocycles. The van der Waals surface area contributed by atoms with Crippen LogP contribution in [0.2, 0.25) is 5.02 Å². The van der Waals surface area contributed by atoms with Crippen LogP contribution in [-0.2, 0) is 16.7 Å². The number of pyridine rings is 1. The van der Waals surface area contributed by atoms with Crippen LogP contribution in [0.3, 0.4) is 0 Å². The van der Waals surface area contributed by atoms with Gasteiger partial charge in [0.05, 0.1) is 12.1 Å². The van der Waals surface area contributed by atoms with Crippen molar-refractivity contribution in [3.8, 4) is 22.4 Å². The fraction of sp³-hybridized carbons (Fsp3) is 0.185. The molecule has 36 heavy (non-hydrogen) atoms. The molecule has 0 bridgehead atoms. The van der Waals surface area contributed by atoms with Gasteiger partial charge < -0.3 is 0 Å². The van der Waals surface area contributed by atoms with E-state index in [0.717, 1.165) is 66.5 Å². The minimum atomic E-state index is -4.30. The van der Waals surface area contributed by atoms with E-state index in [4.69, 9.17) is 16.7 Å². The summed E-state index contributed by atoms with van der Waals surface area (Å²) in [5, 5.41) is 6.64. The second-order valence-electron chi connectivity index (χ2n) is 8.94. The van der Waals surface area contributed by atoms with Gasteiger partial charge in [0.15, 0.2) is 4.21 Å². The average molecular weight is 538 g/mol. The summed E-state index contributed by atoms with van der Waals surface area (Å²) in [6.07, 6.45) is 0. The van der Waals surface area contributed by atoms with Gasteiger partial charge in [-0.25, -0.2) is 0 Å². The van der Waals surface area contributed by atoms with E-state index >= 15 is 0 Å². The molecule has 0 atom stereocenters. The van der Waals surface area contributed by atoms with Crippen molar-refractivity contribution in [1.29, 1.82) is 0 Å². The zero-order chi connectivity index (χ0) is 25.8. The molecule has 0 aliphatic carbocycles. The first-order valence-electron chi connectivity index (χ1n) is 11.3. The highest BCUT2D eigenvalue weighted by Crippen LogP contribution is 2.37. The zero-order valence-corrected chi connectivity index (χ0v) is 22.6. The molecule has 3 aromatic heterocycles. The van der Waals surface area contributed by atoms with E-state index in [-0.39, 0.29) is 4.21 Å². The van der Waals surface area contributed by atoms with E-state index in [1.165, 1.54) is 0 Å². The van der Waals surface area contributed by atoms with Gasteiger partial charge in [-0.15, -0.1) is 11.3 Å². The lowest BCUT2D eigenvalue weighted by molar-refractivity contribution is 0.486. The Morgan fingerprint density at radius 3 is 2.36 bits per heavy atom. The summed E-state index contributed by atoms with van der Waals surface area (Å²) in [5.74, 6) is 0. The number of rotatable bonds is 5. The second kappa shape index (κ2) is 9.12. The molecule has 0 saturated heterocycles. The maximum absolute atomic E-state index is 11.9. The molecule has 0 radical (unpaired) electrons. The summed E-state index contributed by atoms with van der Waals surface area (Å²) >= 11 is 7.18. The molecule has 1 N–H and O–H groups in total. The van der Waals surface area contributed by atoms with Crippen molar-refractivity contribution in [1.82, 2.24) is 14.8 Å². The molecule has 5 aromatic rings. The van der Waals surface area contributed by atoms with Crippen LogP contribution in [0.1, 0.15) is 27.4 Å². The lowest BCUT2D eigenvalue weighted by Crippen LogP contribution is -2.03. The molecule has 0 unspecified atom stereocenters. The quantitative estimate of drug-likeness (QED) is 0.244. The van der Waals surface area contributed by atoms with Gasteiger partial charge in [-0.1, -0.05) is 41.9 Å². The maximum Gasteiger partial charge on any atom is 0.304 e. The maximum atomic E-state index is 11.9. The topological polar surface area (TPSA) is 85.1 Å². The van der Waals surface area contributed by atoms with Gasteiger partial charge in [-0.3, -0.25) is 14.2 Å². The van der Waals surface area contributed by atoms with Crippen LogP contribution in [0.25, 0.3) is 33.3 Å². The van der Waals surface area contributed by atoms with Gasteiger partial charge in [-0.2, -0.15) is 13.5 Å². The Morgan fingerprint density at radius 1 is 0.972 bits per heavy atom. The van der Waals surface area contributed by atoms with Gasteiger partial charge >= 0.3 is 10.1 Å². The van der Waals surface area contributed by atoms with Crippen LogP contribution in [0.15, 0.2) is 58.8 Å². The Morgan fingerprint density at radius 2 is 1.69 bits per heavy atom. The third-order valence-corrected chi connectivity index (χ3v) is 8.80. The Kier molecular flexibility index (Phi) is 6.24. The van der Waals surface area contributed by atoms with Gasteiger partial charge in [0.25, 0.3) is 0 Å². The van der Waals surface area contributed by atoms with E-state index in [0.29, 0.717) is 17.1 Å². The fourth-order valence-electron chi connectivity index (χ4n) is 4.63. The monoisotopic (exact) mass is 537 g/mol. The third kappa shape index (κ3) is 4.57. The van der Waals surface area contributed by atoms with Crippen LogP contribution in [-0.4, -0.2) is 27.7 Å². The van der Waals surface area contributed by atoms with Gasteiger partial charge in [0, 0.05) is 37.8 Å². The zero-order valence-electron chi connectivity index (χ0n) is 20.2. The molecule has 2 aromatic carbocycles. The van der Waals surface area contributed by atoms with Crippen molar-refractivity contribution in [3.63, 3.8) is 0 Å². The van der Waals surface area contributed by atoms with Crippen molar-refractivity contribution in [2.45, 2.75) is 38.4 Å². The normalized spacial score (nSPS) is 11.9. The highest BCUT2D eigenvalue weighted by atomic mass is 35.5. The highest BCUT2D eigenvalue weighted by molar-refractivity contribution is 7.88. The largest absolute Gasteiger partial charge is 0.304 e. The lowest BCUT2D eigenvalue weighted by Gasteiger charge is -2.10. The van der Waals surface area contributed by atoms with Crippen LogP contribution < -0.4 is 0 Å². The SMILES string of the molecule is Cc1cc2c(c(C)n1)c(-c1ccc(Cl)cc1)nn2Cc1ccc(-c2cc(C)sc2S(=O)(=O)O)c(C)c1. The molecular formula is C27H24ClN3O3S2. The molecule has 0 aliphatic heterocycles. The number of halogens is 1. The molecule has 9 heteroatoms. The number of aryl methyl sites for hydroxylation is 4. The summed E-state index contributed by atoms with van der Waals surface area (Å²) in [7, 11) is -4.30. The summed E-state index contributed by atoms with van der Waals surface area (Å²) < 4.78 is 35.5. The molecule has 0 fully saturated rings. The molecule has 184 valence electrons. The highest BCUT2D eigenvalue weighted by Gasteiger charge is 2.22. The minimum absolute atomic E-state index is 0.0278. The third-order valence-electron chi connectivity index (χ3n) is 6.13. The molecular weight excluding hydrogens is 514 g/mol. The first-order valence-corrected chi connectivity index (χ1v) is 13.9. The fourth-order valence-corrected chi connectivity index (χ4v) is 6.77. The Labute approximate surface area is 219 Å². The van der Waals surface area contributed by atoms with Crippen molar-refractivity contribution < 1.29 is 13.0 Å². The average Bonchev–Trinajstić information content (AvgIpc) is 3.35. The summed E-state index contributed by atoms with van der Waals surface area (Å²) in [6.45, 7) is 8.27. The van der Waals surface area contributed by atoms with Crippen molar-refractivity contribution in [2.24, 2.45) is 0 Å². The van der Waals surface area contributed by atoms with Crippen molar-refractivity contribution in [2.75, 3.05) is 0 Å². The van der Waals surface area contributed by atoms with Gasteiger partial charge in [0.2, 0.25) is 0 Å². The number of hydrogen-bond acceptors (Lipinski definition) is 5. The molecule has 0 spiro atoms. The summed E-state index contributed by atoms with van der Waals surface area (Å²) in [5.41, 5.74) is 7.89. The Balaban J connectivity index is 1.59. The molecule has 0 amide bonds. The number of thiophene rings is 1. The Bertz CT molecular complexity index is 1740.